The number of hydrogen-bond donors (Lipinski definition) is 0. The number of nitrogens with zero attached hydrogens (tertiary/aromatic N) is 4. The lowest BCUT2D eigenvalue weighted by molar-refractivity contribution is -0.137. The van der Waals surface area contributed by atoms with Crippen molar-refractivity contribution in [3.63, 3.8) is 0 Å². The number of alkyl halides is 3. The van der Waals surface area contributed by atoms with Crippen LogP contribution in [0.25, 0.3) is 22.8 Å². The average molecular weight is 412 g/mol. The molecule has 0 atom stereocenters. The Balaban J connectivity index is 1.84. The molecule has 30 heavy (non-hydrogen) atoms. The maximum absolute atomic E-state index is 13.1. The minimum absolute atomic E-state index is 0.0401. The van der Waals surface area contributed by atoms with Gasteiger partial charge in [0.15, 0.2) is 5.69 Å². The van der Waals surface area contributed by atoms with Crippen LogP contribution in [0, 0.1) is 0 Å². The fraction of sp³-hybridized carbons (Fsp3) is 0.0952. The molecular weight excluding hydrogens is 397 g/mol. The minimum atomic E-state index is -4.49. The molecule has 0 N–H and O–H groups in total. The van der Waals surface area contributed by atoms with Crippen LogP contribution in [0.15, 0.2) is 77.9 Å². The number of hydrogen-bond acceptors (Lipinski definition) is 4. The number of benzene rings is 2. The van der Waals surface area contributed by atoms with E-state index in [1.54, 1.807) is 30.3 Å². The molecule has 0 aliphatic carbocycles. The van der Waals surface area contributed by atoms with Crippen LogP contribution in [0.1, 0.15) is 5.56 Å². The van der Waals surface area contributed by atoms with E-state index in [0.717, 1.165) is 12.1 Å². The van der Waals surface area contributed by atoms with Gasteiger partial charge in [0, 0.05) is 12.3 Å². The summed E-state index contributed by atoms with van der Waals surface area (Å²) in [7, 11) is 1.52. The summed E-state index contributed by atoms with van der Waals surface area (Å²) in [6.07, 6.45) is -1.66. The highest BCUT2D eigenvalue weighted by atomic mass is 19.4. The van der Waals surface area contributed by atoms with Crippen molar-refractivity contribution in [3.05, 3.63) is 88.8 Å². The molecule has 0 aliphatic heterocycles. The molecule has 0 radical (unpaired) electrons. The summed E-state index contributed by atoms with van der Waals surface area (Å²) in [6.45, 7) is 0. The van der Waals surface area contributed by atoms with E-state index in [1.165, 1.54) is 47.1 Å². The summed E-state index contributed by atoms with van der Waals surface area (Å²) in [4.78, 5) is 12.5. The first-order valence-electron chi connectivity index (χ1n) is 8.84. The van der Waals surface area contributed by atoms with E-state index in [9.17, 15) is 18.0 Å². The van der Waals surface area contributed by atoms with Crippen LogP contribution in [0.5, 0.6) is 5.75 Å². The maximum Gasteiger partial charge on any atom is 0.416 e. The van der Waals surface area contributed by atoms with E-state index in [0.29, 0.717) is 17.1 Å². The van der Waals surface area contributed by atoms with E-state index in [-0.39, 0.29) is 11.4 Å². The van der Waals surface area contributed by atoms with Gasteiger partial charge in [0.05, 0.1) is 30.3 Å². The van der Waals surface area contributed by atoms with Crippen LogP contribution in [0.3, 0.4) is 0 Å². The van der Waals surface area contributed by atoms with Gasteiger partial charge in [-0.1, -0.05) is 18.2 Å². The average Bonchev–Trinajstić information content (AvgIpc) is 3.23. The quantitative estimate of drug-likeness (QED) is 0.506. The predicted molar refractivity (Wildman–Crippen MR) is 104 cm³/mol. The van der Waals surface area contributed by atoms with E-state index in [1.807, 2.05) is 0 Å². The van der Waals surface area contributed by atoms with E-state index in [4.69, 9.17) is 4.74 Å². The topological polar surface area (TPSA) is 61.9 Å². The van der Waals surface area contributed by atoms with Gasteiger partial charge in [0.1, 0.15) is 11.4 Å². The van der Waals surface area contributed by atoms with E-state index < -0.39 is 17.2 Å². The zero-order valence-electron chi connectivity index (χ0n) is 15.7. The van der Waals surface area contributed by atoms with Gasteiger partial charge in [-0.2, -0.15) is 23.4 Å². The number of methoxy groups -OCH3 is 1. The van der Waals surface area contributed by atoms with Crippen molar-refractivity contribution in [1.29, 1.82) is 0 Å². The van der Waals surface area contributed by atoms with Crippen LogP contribution < -0.4 is 10.2 Å². The molecule has 4 rings (SSSR count). The van der Waals surface area contributed by atoms with Gasteiger partial charge < -0.3 is 4.74 Å². The van der Waals surface area contributed by atoms with Gasteiger partial charge in [-0.3, -0.25) is 4.79 Å². The normalized spacial score (nSPS) is 11.5. The third kappa shape index (κ3) is 3.57. The zero-order chi connectivity index (χ0) is 21.3. The van der Waals surface area contributed by atoms with Gasteiger partial charge in [-0.15, -0.1) is 0 Å². The first-order valence-corrected chi connectivity index (χ1v) is 8.84. The molecule has 2 aromatic heterocycles. The van der Waals surface area contributed by atoms with Gasteiger partial charge in [-0.25, -0.2) is 9.36 Å². The van der Waals surface area contributed by atoms with Crippen LogP contribution in [-0.2, 0) is 6.18 Å². The number of aromatic nitrogens is 4. The molecule has 2 heterocycles. The van der Waals surface area contributed by atoms with Crippen LogP contribution >= 0.6 is 0 Å². The SMILES string of the molecule is COc1ccccc1-n1nccc1-c1nn(-c2cccc(C(F)(F)F)c2)ccc1=O. The standard InChI is InChI=1S/C21H15F3N4O2/c1-30-19-8-3-2-7-16(19)28-17(9-11-25-28)20-18(29)10-12-27(26-20)15-6-4-5-14(13-15)21(22,23)24/h2-13H,1H3. The van der Waals surface area contributed by atoms with Gasteiger partial charge in [-0.05, 0) is 36.4 Å². The van der Waals surface area contributed by atoms with Crippen molar-refractivity contribution in [2.24, 2.45) is 0 Å². The third-order valence-corrected chi connectivity index (χ3v) is 4.44. The smallest absolute Gasteiger partial charge is 0.416 e. The number of rotatable bonds is 4. The molecule has 0 spiro atoms. The summed E-state index contributed by atoms with van der Waals surface area (Å²) < 4.78 is 47.3. The lowest BCUT2D eigenvalue weighted by atomic mass is 10.2. The van der Waals surface area contributed by atoms with E-state index in [2.05, 4.69) is 10.2 Å². The Labute approximate surface area is 168 Å². The fourth-order valence-corrected chi connectivity index (χ4v) is 3.03. The molecule has 0 saturated heterocycles. The Hall–Kier alpha value is -3.88. The van der Waals surface area contributed by atoms with Crippen molar-refractivity contribution in [3.8, 4) is 28.5 Å². The molecule has 152 valence electrons. The molecule has 0 bridgehead atoms. The van der Waals surface area contributed by atoms with Gasteiger partial charge >= 0.3 is 6.18 Å². The monoisotopic (exact) mass is 412 g/mol. The second kappa shape index (κ2) is 7.51. The van der Waals surface area contributed by atoms with Crippen LogP contribution in [0.2, 0.25) is 0 Å². The summed E-state index contributed by atoms with van der Waals surface area (Å²) in [5.41, 5.74) is -0.00904. The Morgan fingerprint density at radius 1 is 1.00 bits per heavy atom. The van der Waals surface area contributed by atoms with Gasteiger partial charge in [0.2, 0.25) is 5.43 Å². The maximum atomic E-state index is 13.1. The van der Waals surface area contributed by atoms with Crippen LogP contribution in [-0.4, -0.2) is 26.7 Å². The molecule has 0 amide bonds. The lowest BCUT2D eigenvalue weighted by Gasteiger charge is -2.13. The molecule has 0 aliphatic rings. The highest BCUT2D eigenvalue weighted by molar-refractivity contribution is 5.59. The Bertz CT molecular complexity index is 1260. The molecule has 0 fully saturated rings. The van der Waals surface area contributed by atoms with Crippen LogP contribution in [0.4, 0.5) is 13.2 Å². The lowest BCUT2D eigenvalue weighted by Crippen LogP contribution is -2.15. The first-order chi connectivity index (χ1) is 14.4. The van der Waals surface area contributed by atoms with Gasteiger partial charge in [0.25, 0.3) is 0 Å². The summed E-state index contributed by atoms with van der Waals surface area (Å²) >= 11 is 0. The zero-order valence-corrected chi connectivity index (χ0v) is 15.7. The first kappa shape index (κ1) is 19.4. The fourth-order valence-electron chi connectivity index (χ4n) is 3.03. The highest BCUT2D eigenvalue weighted by Gasteiger charge is 2.30. The Morgan fingerprint density at radius 2 is 1.80 bits per heavy atom. The molecule has 0 unspecified atom stereocenters. The van der Waals surface area contributed by atoms with Crippen molar-refractivity contribution >= 4 is 0 Å². The predicted octanol–water partition coefficient (Wildman–Crippen LogP) is 4.11. The highest BCUT2D eigenvalue weighted by Crippen LogP contribution is 2.30. The molecule has 0 saturated carbocycles. The Kier molecular flexibility index (Phi) is 4.86. The largest absolute Gasteiger partial charge is 0.494 e. The second-order valence-corrected chi connectivity index (χ2v) is 6.32. The molecule has 2 aromatic carbocycles. The summed E-state index contributed by atoms with van der Waals surface area (Å²) in [5.74, 6) is 0.539. The van der Waals surface area contributed by atoms with Crippen molar-refractivity contribution in [2.45, 2.75) is 6.18 Å². The second-order valence-electron chi connectivity index (χ2n) is 6.32. The third-order valence-electron chi connectivity index (χ3n) is 4.44. The molecular formula is C21H15F3N4O2. The molecule has 9 heteroatoms. The minimum Gasteiger partial charge on any atom is -0.494 e. The molecule has 6 nitrogen and oxygen atoms in total. The van der Waals surface area contributed by atoms with Crippen molar-refractivity contribution in [1.82, 2.24) is 19.6 Å². The number of para-hydroxylation sites is 2. The summed E-state index contributed by atoms with van der Waals surface area (Å²) in [6, 6.07) is 14.7. The molecule has 4 aromatic rings. The van der Waals surface area contributed by atoms with Crippen molar-refractivity contribution in [2.75, 3.05) is 7.11 Å². The Morgan fingerprint density at radius 3 is 2.57 bits per heavy atom. The summed E-state index contributed by atoms with van der Waals surface area (Å²) in [5, 5.41) is 8.55. The van der Waals surface area contributed by atoms with E-state index >= 15 is 0 Å². The number of halogens is 3. The van der Waals surface area contributed by atoms with Crippen molar-refractivity contribution < 1.29 is 17.9 Å². The number of ether oxygens (including phenoxy) is 1.